The normalized spacial score (nSPS) is 10.6. The lowest BCUT2D eigenvalue weighted by Crippen LogP contribution is -2.38. The highest BCUT2D eigenvalue weighted by molar-refractivity contribution is 5.96. The van der Waals surface area contributed by atoms with Gasteiger partial charge in [0.1, 0.15) is 17.4 Å². The maximum absolute atomic E-state index is 11.9. The van der Waals surface area contributed by atoms with Gasteiger partial charge in [0, 0.05) is 18.9 Å². The summed E-state index contributed by atoms with van der Waals surface area (Å²) < 4.78 is 10.2. The van der Waals surface area contributed by atoms with Crippen molar-refractivity contribution in [3.8, 4) is 11.8 Å². The molecule has 18 heavy (non-hydrogen) atoms. The lowest BCUT2D eigenvalue weighted by atomic mass is 10.1. The summed E-state index contributed by atoms with van der Waals surface area (Å²) in [5.74, 6) is 0.284. The number of ether oxygens (including phenoxy) is 2. The molecule has 5 nitrogen and oxygen atoms in total. The van der Waals surface area contributed by atoms with Crippen LogP contribution in [0.2, 0.25) is 0 Å². The van der Waals surface area contributed by atoms with Crippen LogP contribution in [0.15, 0.2) is 24.3 Å². The predicted molar refractivity (Wildman–Crippen MR) is 67.3 cm³/mol. The first kappa shape index (κ1) is 14.0. The topological polar surface area (TPSA) is 71.3 Å². The molecule has 0 aliphatic carbocycles. The first-order valence-corrected chi connectivity index (χ1v) is 5.46. The van der Waals surface area contributed by atoms with Crippen molar-refractivity contribution >= 4 is 11.6 Å². The highest BCUT2D eigenvalue weighted by Gasteiger charge is 2.26. The molecule has 5 heteroatoms. The standard InChI is InChI=1S/C13H16N2O3/c1-13(2,17-3)12(16)15-10-5-4-6-11(9-10)18-8-7-14/h4-6,9H,8H2,1-3H3,(H,15,16). The number of carbonyl (C=O) groups excluding carboxylic acids is 1. The molecule has 0 saturated heterocycles. The van der Waals surface area contributed by atoms with Crippen molar-refractivity contribution in [2.24, 2.45) is 0 Å². The van der Waals surface area contributed by atoms with Crippen molar-refractivity contribution < 1.29 is 14.3 Å². The van der Waals surface area contributed by atoms with Gasteiger partial charge >= 0.3 is 0 Å². The maximum Gasteiger partial charge on any atom is 0.256 e. The second-order valence-electron chi connectivity index (χ2n) is 4.14. The number of methoxy groups -OCH3 is 1. The lowest BCUT2D eigenvalue weighted by molar-refractivity contribution is -0.133. The number of carbonyl (C=O) groups is 1. The van der Waals surface area contributed by atoms with E-state index in [9.17, 15) is 4.79 Å². The Bertz CT molecular complexity index is 464. The van der Waals surface area contributed by atoms with Crippen molar-refractivity contribution in [2.75, 3.05) is 19.0 Å². The van der Waals surface area contributed by atoms with Crippen molar-refractivity contribution in [2.45, 2.75) is 19.4 Å². The summed E-state index contributed by atoms with van der Waals surface area (Å²) >= 11 is 0. The number of nitriles is 1. The van der Waals surface area contributed by atoms with E-state index in [0.29, 0.717) is 11.4 Å². The van der Waals surface area contributed by atoms with Gasteiger partial charge in [-0.1, -0.05) is 6.07 Å². The molecule has 1 aromatic rings. The monoisotopic (exact) mass is 248 g/mol. The summed E-state index contributed by atoms with van der Waals surface area (Å²) in [6.07, 6.45) is 0. The zero-order chi connectivity index (χ0) is 13.6. The third kappa shape index (κ3) is 3.75. The van der Waals surface area contributed by atoms with Gasteiger partial charge in [-0.15, -0.1) is 0 Å². The zero-order valence-corrected chi connectivity index (χ0v) is 10.7. The zero-order valence-electron chi connectivity index (χ0n) is 10.7. The minimum atomic E-state index is -0.899. The largest absolute Gasteiger partial charge is 0.479 e. The van der Waals surface area contributed by atoms with E-state index < -0.39 is 5.60 Å². The molecule has 0 bridgehead atoms. The van der Waals surface area contributed by atoms with E-state index in [-0.39, 0.29) is 12.5 Å². The van der Waals surface area contributed by atoms with E-state index in [1.807, 2.05) is 6.07 Å². The maximum atomic E-state index is 11.9. The molecule has 0 unspecified atom stereocenters. The molecule has 1 aromatic carbocycles. The molecule has 0 fully saturated rings. The lowest BCUT2D eigenvalue weighted by Gasteiger charge is -2.21. The van der Waals surface area contributed by atoms with Crippen molar-refractivity contribution in [1.29, 1.82) is 5.26 Å². The smallest absolute Gasteiger partial charge is 0.256 e. The molecule has 0 saturated carbocycles. The van der Waals surface area contributed by atoms with E-state index in [4.69, 9.17) is 14.7 Å². The fraction of sp³-hybridized carbons (Fsp3) is 0.385. The van der Waals surface area contributed by atoms with Gasteiger partial charge < -0.3 is 14.8 Å². The summed E-state index contributed by atoms with van der Waals surface area (Å²) in [5.41, 5.74) is -0.302. The molecule has 0 radical (unpaired) electrons. The van der Waals surface area contributed by atoms with Gasteiger partial charge in [-0.25, -0.2) is 0 Å². The Balaban J connectivity index is 2.74. The minimum Gasteiger partial charge on any atom is -0.479 e. The molecule has 1 amide bonds. The Kier molecular flexibility index (Phi) is 4.69. The van der Waals surface area contributed by atoms with Gasteiger partial charge in [0.25, 0.3) is 5.91 Å². The Labute approximate surface area is 106 Å². The summed E-state index contributed by atoms with van der Waals surface area (Å²) in [7, 11) is 1.48. The SMILES string of the molecule is COC(C)(C)C(=O)Nc1cccc(OCC#N)c1. The van der Waals surface area contributed by atoms with Crippen molar-refractivity contribution in [1.82, 2.24) is 0 Å². The van der Waals surface area contributed by atoms with Crippen LogP contribution in [0.1, 0.15) is 13.8 Å². The third-order valence-corrected chi connectivity index (χ3v) is 2.45. The quantitative estimate of drug-likeness (QED) is 0.864. The molecule has 0 spiro atoms. The van der Waals surface area contributed by atoms with E-state index >= 15 is 0 Å². The molecular weight excluding hydrogens is 232 g/mol. The van der Waals surface area contributed by atoms with Crippen LogP contribution in [0.4, 0.5) is 5.69 Å². The number of benzene rings is 1. The van der Waals surface area contributed by atoms with Crippen LogP contribution in [0, 0.1) is 11.3 Å². The molecule has 96 valence electrons. The fourth-order valence-electron chi connectivity index (χ4n) is 1.15. The second-order valence-corrected chi connectivity index (χ2v) is 4.14. The number of nitrogens with one attached hydrogen (secondary N) is 1. The molecule has 0 atom stereocenters. The summed E-state index contributed by atoms with van der Waals surface area (Å²) in [6, 6.07) is 8.73. The van der Waals surface area contributed by atoms with Crippen molar-refractivity contribution in [3.63, 3.8) is 0 Å². The van der Waals surface area contributed by atoms with E-state index in [0.717, 1.165) is 0 Å². The van der Waals surface area contributed by atoms with Gasteiger partial charge in [0.05, 0.1) is 0 Å². The molecule has 0 aromatic heterocycles. The second kappa shape index (κ2) is 6.03. The van der Waals surface area contributed by atoms with E-state index in [1.165, 1.54) is 7.11 Å². The Morgan fingerprint density at radius 3 is 2.83 bits per heavy atom. The third-order valence-electron chi connectivity index (χ3n) is 2.45. The molecule has 1 N–H and O–H groups in total. The minimum absolute atomic E-state index is 0.0268. The highest BCUT2D eigenvalue weighted by atomic mass is 16.5. The Morgan fingerprint density at radius 1 is 1.50 bits per heavy atom. The predicted octanol–water partition coefficient (Wildman–Crippen LogP) is 1.95. The van der Waals surface area contributed by atoms with Crippen LogP contribution in [-0.2, 0) is 9.53 Å². The van der Waals surface area contributed by atoms with Crippen molar-refractivity contribution in [3.05, 3.63) is 24.3 Å². The first-order chi connectivity index (χ1) is 8.49. The average molecular weight is 248 g/mol. The van der Waals surface area contributed by atoms with Gasteiger partial charge in [0.2, 0.25) is 0 Å². The number of nitrogens with zero attached hydrogens (tertiary/aromatic N) is 1. The summed E-state index contributed by atoms with van der Waals surface area (Å²) in [4.78, 5) is 11.9. The van der Waals surface area contributed by atoms with Crippen LogP contribution in [0.25, 0.3) is 0 Å². The van der Waals surface area contributed by atoms with Crippen LogP contribution < -0.4 is 10.1 Å². The Morgan fingerprint density at radius 2 is 2.22 bits per heavy atom. The Hall–Kier alpha value is -2.06. The molecule has 0 aliphatic heterocycles. The molecular formula is C13H16N2O3. The van der Waals surface area contributed by atoms with Gasteiger partial charge in [-0.2, -0.15) is 5.26 Å². The summed E-state index contributed by atoms with van der Waals surface area (Å²) in [5, 5.41) is 11.1. The number of amides is 1. The fourth-order valence-corrected chi connectivity index (χ4v) is 1.15. The van der Waals surface area contributed by atoms with Crippen LogP contribution in [-0.4, -0.2) is 25.2 Å². The highest BCUT2D eigenvalue weighted by Crippen LogP contribution is 2.19. The first-order valence-electron chi connectivity index (χ1n) is 5.46. The number of rotatable bonds is 5. The van der Waals surface area contributed by atoms with E-state index in [1.54, 1.807) is 38.1 Å². The van der Waals surface area contributed by atoms with Gasteiger partial charge in [-0.3, -0.25) is 4.79 Å². The number of hydrogen-bond donors (Lipinski definition) is 1. The molecule has 0 heterocycles. The average Bonchev–Trinajstić information content (AvgIpc) is 2.36. The summed E-state index contributed by atoms with van der Waals surface area (Å²) in [6.45, 7) is 3.33. The number of anilines is 1. The van der Waals surface area contributed by atoms with Gasteiger partial charge in [0.15, 0.2) is 6.61 Å². The van der Waals surface area contributed by atoms with E-state index in [2.05, 4.69) is 5.32 Å². The molecule has 0 aliphatic rings. The molecule has 1 rings (SSSR count). The van der Waals surface area contributed by atoms with Crippen LogP contribution in [0.3, 0.4) is 0 Å². The van der Waals surface area contributed by atoms with Crippen LogP contribution in [0.5, 0.6) is 5.75 Å². The number of hydrogen-bond acceptors (Lipinski definition) is 4. The van der Waals surface area contributed by atoms with Crippen LogP contribution >= 0.6 is 0 Å². The van der Waals surface area contributed by atoms with Gasteiger partial charge in [-0.05, 0) is 26.0 Å².